The summed E-state index contributed by atoms with van der Waals surface area (Å²) in [6.07, 6.45) is 0. The Labute approximate surface area is 159 Å². The lowest BCUT2D eigenvalue weighted by Crippen LogP contribution is -2.40. The minimum Gasteiger partial charge on any atom is -0.350 e. The first kappa shape index (κ1) is 20.3. The van der Waals surface area contributed by atoms with Gasteiger partial charge in [0.05, 0.1) is 11.5 Å². The molecule has 0 saturated carbocycles. The van der Waals surface area contributed by atoms with Crippen LogP contribution in [0, 0.1) is 15.9 Å². The Kier molecular flexibility index (Phi) is 6.84. The zero-order chi connectivity index (χ0) is 20.0. The number of nitrogens with one attached hydrogen (secondary N) is 1. The van der Waals surface area contributed by atoms with E-state index in [1.165, 1.54) is 29.2 Å². The molecule has 2 aromatic carbocycles. The van der Waals surface area contributed by atoms with Gasteiger partial charge < -0.3 is 10.2 Å². The number of hydrogen-bond acceptors (Lipinski definition) is 4. The zero-order valence-electron chi connectivity index (χ0n) is 14.4. The van der Waals surface area contributed by atoms with Crippen LogP contribution >= 0.6 is 11.6 Å². The van der Waals surface area contributed by atoms with Crippen molar-refractivity contribution in [2.75, 3.05) is 13.1 Å². The predicted molar refractivity (Wildman–Crippen MR) is 97.9 cm³/mol. The summed E-state index contributed by atoms with van der Waals surface area (Å²) in [4.78, 5) is 36.2. The van der Waals surface area contributed by atoms with E-state index < -0.39 is 16.7 Å². The van der Waals surface area contributed by atoms with Gasteiger partial charge in [-0.1, -0.05) is 23.7 Å². The standard InChI is InChI=1S/C18H17ClFN3O4/c1-2-22(11-17(24)21-10-12-3-6-14(20)7-4-12)18(25)13-5-8-15(19)16(9-13)23(26)27/h3-9H,2,10-11H2,1H3,(H,21,24). The van der Waals surface area contributed by atoms with Crippen molar-refractivity contribution in [1.82, 2.24) is 10.2 Å². The van der Waals surface area contributed by atoms with E-state index in [2.05, 4.69) is 5.32 Å². The Hall–Kier alpha value is -3.00. The van der Waals surface area contributed by atoms with Crippen LogP contribution in [0.1, 0.15) is 22.8 Å². The molecule has 2 amide bonds. The number of amides is 2. The number of rotatable bonds is 7. The maximum absolute atomic E-state index is 12.9. The molecule has 27 heavy (non-hydrogen) atoms. The molecule has 0 aliphatic rings. The number of benzene rings is 2. The quantitative estimate of drug-likeness (QED) is 0.577. The number of nitrogens with zero attached hydrogens (tertiary/aromatic N) is 2. The summed E-state index contributed by atoms with van der Waals surface area (Å²) < 4.78 is 12.9. The van der Waals surface area contributed by atoms with Crippen LogP contribution < -0.4 is 5.32 Å². The average molecular weight is 394 g/mol. The third kappa shape index (κ3) is 5.49. The highest BCUT2D eigenvalue weighted by molar-refractivity contribution is 6.32. The zero-order valence-corrected chi connectivity index (χ0v) is 15.2. The fourth-order valence-corrected chi connectivity index (χ4v) is 2.51. The van der Waals surface area contributed by atoms with E-state index in [-0.39, 0.29) is 41.7 Å². The highest BCUT2D eigenvalue weighted by Crippen LogP contribution is 2.25. The minimum atomic E-state index is -0.676. The molecule has 2 aromatic rings. The molecule has 142 valence electrons. The van der Waals surface area contributed by atoms with Crippen molar-refractivity contribution in [3.63, 3.8) is 0 Å². The van der Waals surface area contributed by atoms with Crippen LogP contribution in [-0.2, 0) is 11.3 Å². The van der Waals surface area contributed by atoms with E-state index >= 15 is 0 Å². The molecule has 9 heteroatoms. The molecule has 1 N–H and O–H groups in total. The van der Waals surface area contributed by atoms with Crippen molar-refractivity contribution in [2.24, 2.45) is 0 Å². The third-order valence-electron chi connectivity index (χ3n) is 3.80. The lowest BCUT2D eigenvalue weighted by atomic mass is 10.1. The van der Waals surface area contributed by atoms with Crippen molar-refractivity contribution in [3.05, 3.63) is 74.5 Å². The van der Waals surface area contributed by atoms with Crippen LogP contribution in [0.3, 0.4) is 0 Å². The van der Waals surface area contributed by atoms with Crippen LogP contribution in [0.4, 0.5) is 10.1 Å². The minimum absolute atomic E-state index is 0.0688. The number of likely N-dealkylation sites (N-methyl/N-ethyl adjacent to an activating group) is 1. The van der Waals surface area contributed by atoms with E-state index in [0.29, 0.717) is 5.56 Å². The molecular formula is C18H17ClFN3O4. The lowest BCUT2D eigenvalue weighted by Gasteiger charge is -2.20. The van der Waals surface area contributed by atoms with Gasteiger partial charge in [0.1, 0.15) is 10.8 Å². The number of hydrogen-bond donors (Lipinski definition) is 1. The fourth-order valence-electron chi connectivity index (χ4n) is 2.33. The van der Waals surface area contributed by atoms with E-state index in [0.717, 1.165) is 6.07 Å². The molecular weight excluding hydrogens is 377 g/mol. The maximum atomic E-state index is 12.9. The van der Waals surface area contributed by atoms with Gasteiger partial charge in [-0.25, -0.2) is 4.39 Å². The van der Waals surface area contributed by atoms with Gasteiger partial charge in [0.15, 0.2) is 0 Å². The Bertz CT molecular complexity index is 858. The van der Waals surface area contributed by atoms with Gasteiger partial charge in [-0.15, -0.1) is 0 Å². The summed E-state index contributed by atoms with van der Waals surface area (Å²) in [7, 11) is 0. The smallest absolute Gasteiger partial charge is 0.288 e. The largest absolute Gasteiger partial charge is 0.350 e. The molecule has 0 atom stereocenters. The SMILES string of the molecule is CCN(CC(=O)NCc1ccc(F)cc1)C(=O)c1ccc(Cl)c([N+](=O)[O-])c1. The molecule has 0 spiro atoms. The Morgan fingerprint density at radius 2 is 1.89 bits per heavy atom. The van der Waals surface area contributed by atoms with Gasteiger partial charge >= 0.3 is 0 Å². The maximum Gasteiger partial charge on any atom is 0.288 e. The Balaban J connectivity index is 2.02. The Morgan fingerprint density at radius 3 is 2.48 bits per heavy atom. The van der Waals surface area contributed by atoms with Crippen molar-refractivity contribution >= 4 is 29.1 Å². The molecule has 0 unspecified atom stereocenters. The fraction of sp³-hybridized carbons (Fsp3) is 0.222. The second kappa shape index (κ2) is 9.09. The molecule has 0 radical (unpaired) electrons. The molecule has 0 saturated heterocycles. The summed E-state index contributed by atoms with van der Waals surface area (Å²) in [6.45, 7) is 1.90. The summed E-state index contributed by atoms with van der Waals surface area (Å²) in [6, 6.07) is 9.40. The van der Waals surface area contributed by atoms with Crippen molar-refractivity contribution in [3.8, 4) is 0 Å². The number of carbonyl (C=O) groups is 2. The third-order valence-corrected chi connectivity index (χ3v) is 4.12. The summed E-state index contributed by atoms with van der Waals surface area (Å²) in [5, 5.41) is 13.5. The van der Waals surface area contributed by atoms with Crippen molar-refractivity contribution in [1.29, 1.82) is 0 Å². The van der Waals surface area contributed by atoms with Gasteiger partial charge in [0, 0.05) is 24.7 Å². The topological polar surface area (TPSA) is 92.6 Å². The first-order valence-electron chi connectivity index (χ1n) is 8.06. The van der Waals surface area contributed by atoms with Crippen molar-refractivity contribution in [2.45, 2.75) is 13.5 Å². The first-order valence-corrected chi connectivity index (χ1v) is 8.44. The van der Waals surface area contributed by atoms with Crippen LogP contribution in [0.5, 0.6) is 0 Å². The molecule has 0 heterocycles. The highest BCUT2D eigenvalue weighted by Gasteiger charge is 2.21. The summed E-state index contributed by atoms with van der Waals surface area (Å²) >= 11 is 5.75. The normalized spacial score (nSPS) is 10.3. The first-order chi connectivity index (χ1) is 12.8. The van der Waals surface area contributed by atoms with Crippen LogP contribution in [0.2, 0.25) is 5.02 Å². The van der Waals surface area contributed by atoms with Gasteiger partial charge in [0.2, 0.25) is 5.91 Å². The monoisotopic (exact) mass is 393 g/mol. The molecule has 0 aliphatic heterocycles. The summed E-state index contributed by atoms with van der Waals surface area (Å²) in [5.41, 5.74) is 0.408. The van der Waals surface area contributed by atoms with Gasteiger partial charge in [-0.05, 0) is 36.8 Å². The van der Waals surface area contributed by atoms with Crippen LogP contribution in [0.15, 0.2) is 42.5 Å². The van der Waals surface area contributed by atoms with E-state index in [9.17, 15) is 24.1 Å². The van der Waals surface area contributed by atoms with Crippen molar-refractivity contribution < 1.29 is 18.9 Å². The van der Waals surface area contributed by atoms with Gasteiger partial charge in [-0.3, -0.25) is 19.7 Å². The Morgan fingerprint density at radius 1 is 1.22 bits per heavy atom. The number of halogens is 2. The van der Waals surface area contributed by atoms with E-state index in [1.807, 2.05) is 0 Å². The molecule has 7 nitrogen and oxygen atoms in total. The van der Waals surface area contributed by atoms with E-state index in [1.54, 1.807) is 19.1 Å². The molecule has 0 aliphatic carbocycles. The highest BCUT2D eigenvalue weighted by atomic mass is 35.5. The number of carbonyl (C=O) groups excluding carboxylic acids is 2. The second-order valence-electron chi connectivity index (χ2n) is 5.65. The van der Waals surface area contributed by atoms with Crippen LogP contribution in [0.25, 0.3) is 0 Å². The van der Waals surface area contributed by atoms with Gasteiger partial charge in [0.25, 0.3) is 11.6 Å². The molecule has 0 bridgehead atoms. The lowest BCUT2D eigenvalue weighted by molar-refractivity contribution is -0.384. The second-order valence-corrected chi connectivity index (χ2v) is 6.05. The van der Waals surface area contributed by atoms with Gasteiger partial charge in [-0.2, -0.15) is 0 Å². The summed E-state index contributed by atoms with van der Waals surface area (Å²) in [5.74, 6) is -1.29. The van der Waals surface area contributed by atoms with E-state index in [4.69, 9.17) is 11.6 Å². The number of nitro benzene ring substituents is 1. The number of nitro groups is 1. The molecule has 2 rings (SSSR count). The predicted octanol–water partition coefficient (Wildman–Crippen LogP) is 3.17. The average Bonchev–Trinajstić information content (AvgIpc) is 2.65. The molecule has 0 aromatic heterocycles. The molecule has 0 fully saturated rings. The van der Waals surface area contributed by atoms with Crippen LogP contribution in [-0.4, -0.2) is 34.7 Å².